The lowest BCUT2D eigenvalue weighted by molar-refractivity contribution is -0.125. The van der Waals surface area contributed by atoms with Crippen molar-refractivity contribution in [3.05, 3.63) is 0 Å². The number of piperidine rings is 1. The molecule has 106 valence electrons. The standard InChI is InChI=1S/C14H29N3O/c1-5-17(6-2)10-12(4)16-14(18)13-11(3)8-7-9-15-13/h11-13,15H,5-10H2,1-4H3,(H,16,18). The van der Waals surface area contributed by atoms with Gasteiger partial charge in [-0.1, -0.05) is 20.8 Å². The number of carbonyl (C=O) groups excluding carboxylic acids is 1. The normalized spacial score (nSPS) is 26.1. The fourth-order valence-corrected chi connectivity index (χ4v) is 2.65. The van der Waals surface area contributed by atoms with Crippen LogP contribution in [0.15, 0.2) is 0 Å². The van der Waals surface area contributed by atoms with Crippen LogP contribution in [0, 0.1) is 5.92 Å². The highest BCUT2D eigenvalue weighted by molar-refractivity contribution is 5.82. The van der Waals surface area contributed by atoms with Gasteiger partial charge in [-0.05, 0) is 45.3 Å². The number of nitrogens with zero attached hydrogens (tertiary/aromatic N) is 1. The largest absolute Gasteiger partial charge is 0.351 e. The summed E-state index contributed by atoms with van der Waals surface area (Å²) in [6.07, 6.45) is 2.33. The van der Waals surface area contributed by atoms with E-state index in [0.29, 0.717) is 5.92 Å². The summed E-state index contributed by atoms with van der Waals surface area (Å²) in [5.41, 5.74) is 0. The van der Waals surface area contributed by atoms with Crippen molar-refractivity contribution in [2.45, 2.75) is 52.6 Å². The molecule has 0 spiro atoms. The molecule has 0 aromatic carbocycles. The molecule has 4 heteroatoms. The summed E-state index contributed by atoms with van der Waals surface area (Å²) in [6, 6.07) is 0.214. The van der Waals surface area contributed by atoms with Gasteiger partial charge < -0.3 is 15.5 Å². The zero-order valence-electron chi connectivity index (χ0n) is 12.3. The number of nitrogens with one attached hydrogen (secondary N) is 2. The molecule has 1 aliphatic rings. The van der Waals surface area contributed by atoms with Crippen molar-refractivity contribution in [3.8, 4) is 0 Å². The number of hydrogen-bond acceptors (Lipinski definition) is 3. The molecule has 0 saturated carbocycles. The Bertz CT molecular complexity index is 253. The van der Waals surface area contributed by atoms with Crippen molar-refractivity contribution in [1.29, 1.82) is 0 Å². The molecule has 2 N–H and O–H groups in total. The van der Waals surface area contributed by atoms with E-state index in [1.165, 1.54) is 6.42 Å². The third kappa shape index (κ3) is 4.58. The minimum absolute atomic E-state index is 0.00194. The van der Waals surface area contributed by atoms with Crippen molar-refractivity contribution >= 4 is 5.91 Å². The molecule has 1 saturated heterocycles. The quantitative estimate of drug-likeness (QED) is 0.750. The Morgan fingerprint density at radius 3 is 2.67 bits per heavy atom. The molecule has 4 nitrogen and oxygen atoms in total. The molecule has 0 aliphatic carbocycles. The first-order valence-corrected chi connectivity index (χ1v) is 7.34. The number of carbonyl (C=O) groups is 1. The van der Waals surface area contributed by atoms with E-state index in [9.17, 15) is 4.79 Å². The maximum atomic E-state index is 12.2. The van der Waals surface area contributed by atoms with E-state index in [1.54, 1.807) is 0 Å². The van der Waals surface area contributed by atoms with E-state index in [2.05, 4.69) is 43.2 Å². The van der Waals surface area contributed by atoms with E-state index < -0.39 is 0 Å². The van der Waals surface area contributed by atoms with Gasteiger partial charge in [0.05, 0.1) is 6.04 Å². The highest BCUT2D eigenvalue weighted by Gasteiger charge is 2.28. The molecule has 1 aliphatic heterocycles. The van der Waals surface area contributed by atoms with E-state index in [0.717, 1.165) is 32.6 Å². The molecular formula is C14H29N3O. The monoisotopic (exact) mass is 255 g/mol. The topological polar surface area (TPSA) is 44.4 Å². The van der Waals surface area contributed by atoms with Crippen molar-refractivity contribution in [3.63, 3.8) is 0 Å². The Labute approximate surface area is 111 Å². The van der Waals surface area contributed by atoms with Crippen LogP contribution in [0.3, 0.4) is 0 Å². The molecular weight excluding hydrogens is 226 g/mol. The zero-order valence-corrected chi connectivity index (χ0v) is 12.3. The highest BCUT2D eigenvalue weighted by Crippen LogP contribution is 2.15. The lowest BCUT2D eigenvalue weighted by Crippen LogP contribution is -2.54. The fraction of sp³-hybridized carbons (Fsp3) is 0.929. The molecule has 0 radical (unpaired) electrons. The smallest absolute Gasteiger partial charge is 0.237 e. The lowest BCUT2D eigenvalue weighted by Gasteiger charge is -2.31. The second-order valence-electron chi connectivity index (χ2n) is 5.45. The number of hydrogen-bond donors (Lipinski definition) is 2. The molecule has 3 unspecified atom stereocenters. The minimum atomic E-state index is -0.00194. The number of likely N-dealkylation sites (N-methyl/N-ethyl adjacent to an activating group) is 1. The minimum Gasteiger partial charge on any atom is -0.351 e. The summed E-state index contributed by atoms with van der Waals surface area (Å²) in [5.74, 6) is 0.612. The SMILES string of the molecule is CCN(CC)CC(C)NC(=O)C1NCCCC1C. The Hall–Kier alpha value is -0.610. The number of rotatable bonds is 6. The van der Waals surface area contributed by atoms with Crippen LogP contribution in [0.2, 0.25) is 0 Å². The van der Waals surface area contributed by atoms with E-state index in [4.69, 9.17) is 0 Å². The summed E-state index contributed by atoms with van der Waals surface area (Å²) in [6.45, 7) is 12.5. The Morgan fingerprint density at radius 2 is 2.11 bits per heavy atom. The molecule has 0 aromatic rings. The van der Waals surface area contributed by atoms with E-state index in [1.807, 2.05) is 0 Å². The second kappa shape index (κ2) is 7.74. The van der Waals surface area contributed by atoms with Crippen LogP contribution in [-0.4, -0.2) is 49.1 Å². The van der Waals surface area contributed by atoms with Crippen molar-refractivity contribution in [2.75, 3.05) is 26.2 Å². The molecule has 1 heterocycles. The maximum absolute atomic E-state index is 12.2. The van der Waals surface area contributed by atoms with Crippen molar-refractivity contribution in [2.24, 2.45) is 5.92 Å². The molecule has 18 heavy (non-hydrogen) atoms. The van der Waals surface area contributed by atoms with Gasteiger partial charge in [0.15, 0.2) is 0 Å². The summed E-state index contributed by atoms with van der Waals surface area (Å²) in [4.78, 5) is 14.5. The average molecular weight is 255 g/mol. The molecule has 3 atom stereocenters. The van der Waals surface area contributed by atoms with Crippen LogP contribution in [0.1, 0.15) is 40.5 Å². The Balaban J connectivity index is 2.38. The van der Waals surface area contributed by atoms with Crippen LogP contribution < -0.4 is 10.6 Å². The van der Waals surface area contributed by atoms with Gasteiger partial charge in [-0.3, -0.25) is 4.79 Å². The Morgan fingerprint density at radius 1 is 1.44 bits per heavy atom. The van der Waals surface area contributed by atoms with E-state index in [-0.39, 0.29) is 18.0 Å². The summed E-state index contributed by atoms with van der Waals surface area (Å²) in [7, 11) is 0. The van der Waals surface area contributed by atoms with Crippen LogP contribution in [0.4, 0.5) is 0 Å². The predicted octanol–water partition coefficient (Wildman–Crippen LogP) is 1.22. The molecule has 1 fully saturated rings. The van der Waals surface area contributed by atoms with Gasteiger partial charge in [0, 0.05) is 12.6 Å². The van der Waals surface area contributed by atoms with Gasteiger partial charge in [0.2, 0.25) is 5.91 Å². The predicted molar refractivity (Wildman–Crippen MR) is 75.6 cm³/mol. The summed E-state index contributed by atoms with van der Waals surface area (Å²) < 4.78 is 0. The summed E-state index contributed by atoms with van der Waals surface area (Å²) in [5, 5.41) is 6.47. The average Bonchev–Trinajstić information content (AvgIpc) is 2.36. The second-order valence-corrected chi connectivity index (χ2v) is 5.45. The van der Waals surface area contributed by atoms with Gasteiger partial charge in [0.25, 0.3) is 0 Å². The first-order valence-electron chi connectivity index (χ1n) is 7.34. The van der Waals surface area contributed by atoms with Crippen molar-refractivity contribution in [1.82, 2.24) is 15.5 Å². The van der Waals surface area contributed by atoms with Crippen LogP contribution >= 0.6 is 0 Å². The maximum Gasteiger partial charge on any atom is 0.237 e. The molecule has 0 bridgehead atoms. The highest BCUT2D eigenvalue weighted by atomic mass is 16.2. The Kier molecular flexibility index (Phi) is 6.65. The third-order valence-electron chi connectivity index (χ3n) is 3.87. The van der Waals surface area contributed by atoms with E-state index >= 15 is 0 Å². The van der Waals surface area contributed by atoms with Gasteiger partial charge in [-0.25, -0.2) is 0 Å². The van der Waals surface area contributed by atoms with Gasteiger partial charge >= 0.3 is 0 Å². The van der Waals surface area contributed by atoms with Gasteiger partial charge in [0.1, 0.15) is 0 Å². The van der Waals surface area contributed by atoms with Crippen LogP contribution in [-0.2, 0) is 4.79 Å². The molecule has 1 rings (SSSR count). The van der Waals surface area contributed by atoms with Crippen LogP contribution in [0.25, 0.3) is 0 Å². The first kappa shape index (κ1) is 15.4. The third-order valence-corrected chi connectivity index (χ3v) is 3.87. The fourth-order valence-electron chi connectivity index (χ4n) is 2.65. The summed E-state index contributed by atoms with van der Waals surface area (Å²) >= 11 is 0. The molecule has 0 aromatic heterocycles. The van der Waals surface area contributed by atoms with Gasteiger partial charge in [-0.2, -0.15) is 0 Å². The molecule has 1 amide bonds. The van der Waals surface area contributed by atoms with Gasteiger partial charge in [-0.15, -0.1) is 0 Å². The number of amides is 1. The zero-order chi connectivity index (χ0) is 13.5. The van der Waals surface area contributed by atoms with Crippen molar-refractivity contribution < 1.29 is 4.79 Å². The van der Waals surface area contributed by atoms with Crippen LogP contribution in [0.5, 0.6) is 0 Å². The lowest BCUT2D eigenvalue weighted by atomic mass is 9.92. The first-order chi connectivity index (χ1) is 8.58.